The van der Waals surface area contributed by atoms with Gasteiger partial charge in [-0.05, 0) is 42.5 Å². The molecule has 0 aliphatic carbocycles. The maximum atomic E-state index is 12.5. The molecule has 0 aliphatic heterocycles. The third-order valence-corrected chi connectivity index (χ3v) is 3.83. The summed E-state index contributed by atoms with van der Waals surface area (Å²) in [5.41, 5.74) is 1.26. The second-order valence-corrected chi connectivity index (χ2v) is 6.00. The molecule has 0 spiro atoms. The number of rotatable bonds is 4. The molecule has 1 amide bonds. The lowest BCUT2D eigenvalue weighted by Gasteiger charge is -2.10. The van der Waals surface area contributed by atoms with Crippen molar-refractivity contribution in [3.63, 3.8) is 0 Å². The number of halogens is 1. The molecule has 5 nitrogen and oxygen atoms in total. The Kier molecular flexibility index (Phi) is 5.20. The number of amides is 1. The maximum Gasteiger partial charge on any atom is 0.343 e. The van der Waals surface area contributed by atoms with Gasteiger partial charge in [0.2, 0.25) is 0 Å². The van der Waals surface area contributed by atoms with E-state index in [-0.39, 0.29) is 17.2 Å². The summed E-state index contributed by atoms with van der Waals surface area (Å²) in [5, 5.41) is 2.78. The van der Waals surface area contributed by atoms with E-state index in [1.165, 1.54) is 12.4 Å². The summed E-state index contributed by atoms with van der Waals surface area (Å²) in [6.07, 6.45) is 3.00. The highest BCUT2D eigenvalue weighted by Gasteiger charge is 2.16. The van der Waals surface area contributed by atoms with Gasteiger partial charge < -0.3 is 10.1 Å². The molecule has 1 aromatic heterocycles. The third-order valence-electron chi connectivity index (χ3n) is 3.33. The fourth-order valence-electron chi connectivity index (χ4n) is 2.15. The van der Waals surface area contributed by atoms with Gasteiger partial charge in [-0.15, -0.1) is 0 Å². The van der Waals surface area contributed by atoms with Crippen LogP contribution in [0.15, 0.2) is 77.5 Å². The van der Waals surface area contributed by atoms with E-state index in [1.54, 1.807) is 48.5 Å². The van der Waals surface area contributed by atoms with Crippen molar-refractivity contribution < 1.29 is 14.3 Å². The van der Waals surface area contributed by atoms with Crippen molar-refractivity contribution in [3.8, 4) is 5.75 Å². The van der Waals surface area contributed by atoms with Crippen LogP contribution < -0.4 is 10.1 Å². The van der Waals surface area contributed by atoms with E-state index >= 15 is 0 Å². The molecular formula is C19H13BrN2O3. The Balaban J connectivity index is 1.81. The summed E-state index contributed by atoms with van der Waals surface area (Å²) in [4.78, 5) is 28.6. The van der Waals surface area contributed by atoms with Gasteiger partial charge in [0.1, 0.15) is 5.75 Å². The number of benzene rings is 2. The van der Waals surface area contributed by atoms with E-state index in [0.717, 1.165) is 4.47 Å². The summed E-state index contributed by atoms with van der Waals surface area (Å²) < 4.78 is 6.23. The van der Waals surface area contributed by atoms with E-state index in [2.05, 4.69) is 26.2 Å². The number of aromatic nitrogens is 1. The molecular weight excluding hydrogens is 384 g/mol. The first-order chi connectivity index (χ1) is 12.1. The van der Waals surface area contributed by atoms with Gasteiger partial charge in [-0.1, -0.05) is 34.1 Å². The molecule has 3 aromatic rings. The number of nitrogens with zero attached hydrogens (tertiary/aromatic N) is 1. The molecule has 0 saturated heterocycles. The number of hydrogen-bond acceptors (Lipinski definition) is 4. The van der Waals surface area contributed by atoms with Gasteiger partial charge in [0.25, 0.3) is 5.91 Å². The van der Waals surface area contributed by atoms with Crippen LogP contribution in [0.4, 0.5) is 5.69 Å². The minimum Gasteiger partial charge on any atom is -0.422 e. The number of nitrogens with one attached hydrogen (secondary N) is 1. The standard InChI is InChI=1S/C19H13BrN2O3/c20-14-4-3-5-15(12-14)22-18(23)16-6-1-2-7-17(16)25-19(24)13-8-10-21-11-9-13/h1-12H,(H,22,23). The van der Waals surface area contributed by atoms with Crippen LogP contribution in [-0.4, -0.2) is 16.9 Å². The monoisotopic (exact) mass is 396 g/mol. The number of ether oxygens (including phenoxy) is 1. The van der Waals surface area contributed by atoms with Crippen LogP contribution in [0.1, 0.15) is 20.7 Å². The van der Waals surface area contributed by atoms with E-state index in [1.807, 2.05) is 12.1 Å². The predicted molar refractivity (Wildman–Crippen MR) is 97.7 cm³/mol. The molecule has 0 radical (unpaired) electrons. The Morgan fingerprint density at radius 1 is 0.960 bits per heavy atom. The molecule has 0 fully saturated rings. The molecule has 0 atom stereocenters. The predicted octanol–water partition coefficient (Wildman–Crippen LogP) is 4.32. The first kappa shape index (κ1) is 16.9. The number of anilines is 1. The highest BCUT2D eigenvalue weighted by Crippen LogP contribution is 2.22. The number of hydrogen-bond donors (Lipinski definition) is 1. The van der Waals surface area contributed by atoms with E-state index in [9.17, 15) is 9.59 Å². The van der Waals surface area contributed by atoms with Crippen molar-refractivity contribution in [1.29, 1.82) is 0 Å². The van der Waals surface area contributed by atoms with Gasteiger partial charge in [-0.2, -0.15) is 0 Å². The van der Waals surface area contributed by atoms with Crippen molar-refractivity contribution in [2.45, 2.75) is 0 Å². The maximum absolute atomic E-state index is 12.5. The molecule has 0 aliphatic rings. The van der Waals surface area contributed by atoms with Gasteiger partial charge in [0, 0.05) is 22.6 Å². The summed E-state index contributed by atoms with van der Waals surface area (Å²) in [6.45, 7) is 0. The minimum absolute atomic E-state index is 0.191. The molecule has 1 N–H and O–H groups in total. The fraction of sp³-hybridized carbons (Fsp3) is 0. The van der Waals surface area contributed by atoms with Crippen molar-refractivity contribution in [3.05, 3.63) is 88.7 Å². The number of esters is 1. The number of carbonyl (C=O) groups excluding carboxylic acids is 2. The van der Waals surface area contributed by atoms with Crippen LogP contribution in [0.2, 0.25) is 0 Å². The van der Waals surface area contributed by atoms with Gasteiger partial charge in [-0.3, -0.25) is 9.78 Å². The summed E-state index contributed by atoms with van der Waals surface area (Å²) in [7, 11) is 0. The highest BCUT2D eigenvalue weighted by molar-refractivity contribution is 9.10. The number of para-hydroxylation sites is 1. The molecule has 0 unspecified atom stereocenters. The Labute approximate surface area is 152 Å². The molecule has 0 saturated carbocycles. The van der Waals surface area contributed by atoms with Crippen LogP contribution in [0.3, 0.4) is 0 Å². The summed E-state index contributed by atoms with van der Waals surface area (Å²) in [6, 6.07) is 16.9. The van der Waals surface area contributed by atoms with Gasteiger partial charge in [0.05, 0.1) is 11.1 Å². The topological polar surface area (TPSA) is 68.3 Å². The average molecular weight is 397 g/mol. The van der Waals surface area contributed by atoms with Crippen LogP contribution in [0, 0.1) is 0 Å². The second-order valence-electron chi connectivity index (χ2n) is 5.09. The van der Waals surface area contributed by atoms with Gasteiger partial charge in [-0.25, -0.2) is 4.79 Å². The molecule has 3 rings (SSSR count). The minimum atomic E-state index is -0.551. The van der Waals surface area contributed by atoms with Crippen molar-refractivity contribution in [2.75, 3.05) is 5.32 Å². The van der Waals surface area contributed by atoms with E-state index in [4.69, 9.17) is 4.74 Å². The average Bonchev–Trinajstić information content (AvgIpc) is 2.63. The SMILES string of the molecule is O=C(Oc1ccccc1C(=O)Nc1cccc(Br)c1)c1ccncc1. The molecule has 0 bridgehead atoms. The normalized spacial score (nSPS) is 10.1. The van der Waals surface area contributed by atoms with Gasteiger partial charge >= 0.3 is 5.97 Å². The van der Waals surface area contributed by atoms with Crippen molar-refractivity contribution in [1.82, 2.24) is 4.98 Å². The lowest BCUT2D eigenvalue weighted by atomic mass is 10.1. The smallest absolute Gasteiger partial charge is 0.343 e. The largest absolute Gasteiger partial charge is 0.422 e. The molecule has 25 heavy (non-hydrogen) atoms. The molecule has 6 heteroatoms. The molecule has 1 heterocycles. The second kappa shape index (κ2) is 7.72. The lowest BCUT2D eigenvalue weighted by molar-refractivity contribution is 0.0733. The Morgan fingerprint density at radius 3 is 2.48 bits per heavy atom. The van der Waals surface area contributed by atoms with Gasteiger partial charge in [0.15, 0.2) is 0 Å². The summed E-state index contributed by atoms with van der Waals surface area (Å²) >= 11 is 3.36. The Hall–Kier alpha value is -2.99. The Morgan fingerprint density at radius 2 is 1.72 bits per heavy atom. The zero-order valence-corrected chi connectivity index (χ0v) is 14.6. The first-order valence-corrected chi connectivity index (χ1v) is 8.21. The zero-order valence-electron chi connectivity index (χ0n) is 13.0. The van der Waals surface area contributed by atoms with Crippen molar-refractivity contribution in [2.24, 2.45) is 0 Å². The molecule has 2 aromatic carbocycles. The van der Waals surface area contributed by atoms with Crippen LogP contribution >= 0.6 is 15.9 Å². The highest BCUT2D eigenvalue weighted by atomic mass is 79.9. The summed E-state index contributed by atoms with van der Waals surface area (Å²) in [5.74, 6) is -0.724. The lowest BCUT2D eigenvalue weighted by Crippen LogP contribution is -2.16. The number of carbonyl (C=O) groups is 2. The zero-order chi connectivity index (χ0) is 17.6. The Bertz CT molecular complexity index is 913. The van der Waals surface area contributed by atoms with E-state index in [0.29, 0.717) is 11.3 Å². The van der Waals surface area contributed by atoms with Crippen molar-refractivity contribution >= 4 is 33.5 Å². The van der Waals surface area contributed by atoms with Crippen LogP contribution in [0.25, 0.3) is 0 Å². The molecule has 124 valence electrons. The third kappa shape index (κ3) is 4.30. The first-order valence-electron chi connectivity index (χ1n) is 7.41. The quantitative estimate of drug-likeness (QED) is 0.526. The van der Waals surface area contributed by atoms with Crippen LogP contribution in [0.5, 0.6) is 5.75 Å². The number of pyridine rings is 1. The fourth-order valence-corrected chi connectivity index (χ4v) is 2.55. The van der Waals surface area contributed by atoms with E-state index < -0.39 is 5.97 Å². The van der Waals surface area contributed by atoms with Crippen LogP contribution in [-0.2, 0) is 0 Å².